The molecule has 1 aliphatic heterocycles. The Balaban J connectivity index is 1.77. The van der Waals surface area contributed by atoms with Gasteiger partial charge in [0.25, 0.3) is 5.56 Å². The van der Waals surface area contributed by atoms with Crippen LogP contribution >= 0.6 is 11.8 Å². The van der Waals surface area contributed by atoms with Gasteiger partial charge in [0.2, 0.25) is 11.8 Å². The highest BCUT2D eigenvalue weighted by molar-refractivity contribution is 7.99. The van der Waals surface area contributed by atoms with Crippen molar-refractivity contribution in [2.24, 2.45) is 7.05 Å². The molecule has 0 unspecified atom stereocenters. The fourth-order valence-electron chi connectivity index (χ4n) is 3.33. The van der Waals surface area contributed by atoms with E-state index in [1.807, 2.05) is 24.0 Å². The normalized spacial score (nSPS) is 15.9. The molecule has 2 aromatic rings. The predicted octanol–water partition coefficient (Wildman–Crippen LogP) is 1.74. The van der Waals surface area contributed by atoms with Crippen LogP contribution in [-0.4, -0.2) is 52.0 Å². The lowest BCUT2D eigenvalue weighted by Crippen LogP contribution is -2.40. The highest BCUT2D eigenvalue weighted by Crippen LogP contribution is 2.38. The summed E-state index contributed by atoms with van der Waals surface area (Å²) < 4.78 is 12.1. The van der Waals surface area contributed by atoms with Crippen molar-refractivity contribution >= 4 is 17.7 Å². The molecule has 1 N–H and O–H groups in total. The fraction of sp³-hybridized carbons (Fsp3) is 0.421. The first-order valence-corrected chi connectivity index (χ1v) is 9.78. The number of carbonyl (C=O) groups is 1. The molecule has 0 spiro atoms. The summed E-state index contributed by atoms with van der Waals surface area (Å²) in [5.41, 5.74) is 1.80. The van der Waals surface area contributed by atoms with E-state index in [-0.39, 0.29) is 29.1 Å². The van der Waals surface area contributed by atoms with Gasteiger partial charge in [0.15, 0.2) is 16.7 Å². The third kappa shape index (κ3) is 3.80. The maximum Gasteiger partial charge on any atom is 0.257 e. The molecule has 1 aromatic carbocycles. The summed E-state index contributed by atoms with van der Waals surface area (Å²) >= 11 is 1.13. The molecule has 0 fully saturated rings. The number of methoxy groups -OCH3 is 2. The van der Waals surface area contributed by atoms with Gasteiger partial charge in [-0.3, -0.25) is 14.2 Å². The summed E-state index contributed by atoms with van der Waals surface area (Å²) in [7, 11) is 4.75. The van der Waals surface area contributed by atoms with Crippen LogP contribution in [0.1, 0.15) is 24.1 Å². The van der Waals surface area contributed by atoms with Crippen LogP contribution in [0.2, 0.25) is 0 Å². The van der Waals surface area contributed by atoms with E-state index < -0.39 is 0 Å². The van der Waals surface area contributed by atoms with Crippen molar-refractivity contribution in [3.63, 3.8) is 0 Å². The van der Waals surface area contributed by atoms with Crippen molar-refractivity contribution in [3.05, 3.63) is 39.7 Å². The number of hydrogen-bond donors (Lipinski definition) is 1. The zero-order valence-corrected chi connectivity index (χ0v) is 17.1. The number of aromatic hydroxyl groups is 1. The smallest absolute Gasteiger partial charge is 0.257 e. The molecule has 0 aliphatic carbocycles. The average Bonchev–Trinajstić information content (AvgIpc) is 2.68. The summed E-state index contributed by atoms with van der Waals surface area (Å²) in [5, 5.41) is 9.82. The minimum atomic E-state index is -0.372. The van der Waals surface area contributed by atoms with Gasteiger partial charge in [-0.1, -0.05) is 11.8 Å². The molecule has 8 nitrogen and oxygen atoms in total. The molecule has 9 heteroatoms. The number of carbonyl (C=O) groups excluding carboxylic acids is 1. The molecule has 0 saturated carbocycles. The molecule has 150 valence electrons. The van der Waals surface area contributed by atoms with Crippen molar-refractivity contribution in [3.8, 4) is 17.4 Å². The highest BCUT2D eigenvalue weighted by Gasteiger charge is 2.29. The number of amides is 1. The first kappa shape index (κ1) is 20.1. The van der Waals surface area contributed by atoms with Crippen LogP contribution in [-0.2, 0) is 18.3 Å². The van der Waals surface area contributed by atoms with Crippen LogP contribution in [0.3, 0.4) is 0 Å². The van der Waals surface area contributed by atoms with Crippen molar-refractivity contribution in [2.75, 3.05) is 26.5 Å². The summed E-state index contributed by atoms with van der Waals surface area (Å²) in [6, 6.07) is 4.81. The number of ether oxygens (including phenoxy) is 2. The maximum absolute atomic E-state index is 12.8. The lowest BCUT2D eigenvalue weighted by molar-refractivity contribution is -0.130. The molecule has 1 aromatic heterocycles. The Labute approximate surface area is 167 Å². The van der Waals surface area contributed by atoms with E-state index >= 15 is 0 Å². The molecule has 28 heavy (non-hydrogen) atoms. The number of thioether (sulfide) groups is 1. The first-order valence-electron chi connectivity index (χ1n) is 8.79. The van der Waals surface area contributed by atoms with Crippen molar-refractivity contribution in [2.45, 2.75) is 24.5 Å². The average molecular weight is 405 g/mol. The monoisotopic (exact) mass is 405 g/mol. The molecule has 3 rings (SSSR count). The Morgan fingerprint density at radius 1 is 1.29 bits per heavy atom. The van der Waals surface area contributed by atoms with E-state index in [4.69, 9.17) is 9.47 Å². The number of aromatic nitrogens is 2. The second-order valence-corrected chi connectivity index (χ2v) is 7.44. The van der Waals surface area contributed by atoms with Gasteiger partial charge in [0, 0.05) is 13.6 Å². The second-order valence-electron chi connectivity index (χ2n) is 6.50. The summed E-state index contributed by atoms with van der Waals surface area (Å²) in [5.74, 6) is 1.03. The van der Waals surface area contributed by atoms with E-state index in [1.165, 1.54) is 4.57 Å². The van der Waals surface area contributed by atoms with Gasteiger partial charge in [-0.25, -0.2) is 0 Å². The van der Waals surface area contributed by atoms with E-state index in [2.05, 4.69) is 4.98 Å². The van der Waals surface area contributed by atoms with Gasteiger partial charge in [0.1, 0.15) is 0 Å². The summed E-state index contributed by atoms with van der Waals surface area (Å²) in [4.78, 5) is 30.3. The lowest BCUT2D eigenvalue weighted by atomic mass is 9.93. The van der Waals surface area contributed by atoms with Crippen LogP contribution in [0.25, 0.3) is 0 Å². The standard InChI is InChI=1S/C19H23N3O5S/c1-11-13-8-15(27-4)14(26-3)7-12(13)5-6-22(11)18(25)10-28-19-20-16(23)9-17(24)21(19)2/h7-9,11,23H,5-6,10H2,1-4H3/t11-/m0/s1. The fourth-order valence-corrected chi connectivity index (χ4v) is 4.19. The van der Waals surface area contributed by atoms with Crippen LogP contribution < -0.4 is 15.0 Å². The summed E-state index contributed by atoms with van der Waals surface area (Å²) in [6.45, 7) is 2.57. The molecule has 1 aliphatic rings. The molecule has 1 amide bonds. The lowest BCUT2D eigenvalue weighted by Gasteiger charge is -2.35. The topological polar surface area (TPSA) is 93.9 Å². The number of benzene rings is 1. The van der Waals surface area contributed by atoms with Gasteiger partial charge in [-0.15, -0.1) is 0 Å². The maximum atomic E-state index is 12.8. The number of hydrogen-bond acceptors (Lipinski definition) is 7. The van der Waals surface area contributed by atoms with Crippen LogP contribution in [0, 0.1) is 0 Å². The Morgan fingerprint density at radius 3 is 2.64 bits per heavy atom. The first-order chi connectivity index (χ1) is 13.3. The van der Waals surface area contributed by atoms with E-state index in [9.17, 15) is 14.7 Å². The van der Waals surface area contributed by atoms with Crippen molar-refractivity contribution < 1.29 is 19.4 Å². The van der Waals surface area contributed by atoms with Crippen LogP contribution in [0.4, 0.5) is 0 Å². The van der Waals surface area contributed by atoms with Gasteiger partial charge in [-0.05, 0) is 36.6 Å². The predicted molar refractivity (Wildman–Crippen MR) is 105 cm³/mol. The Kier molecular flexibility index (Phi) is 5.83. The second kappa shape index (κ2) is 8.14. The molecular formula is C19H23N3O5S. The SMILES string of the molecule is COc1cc2c(cc1OC)[C@H](C)N(C(=O)CSc1nc(O)cc(=O)n1C)CC2. The third-order valence-corrected chi connectivity index (χ3v) is 5.93. The molecule has 0 saturated heterocycles. The van der Waals surface area contributed by atoms with E-state index in [0.717, 1.165) is 35.4 Å². The minimum absolute atomic E-state index is 0.0597. The molecular weight excluding hydrogens is 382 g/mol. The minimum Gasteiger partial charge on any atom is -0.493 e. The largest absolute Gasteiger partial charge is 0.493 e. The van der Waals surface area contributed by atoms with Gasteiger partial charge in [0.05, 0.1) is 32.1 Å². The Morgan fingerprint density at radius 2 is 1.96 bits per heavy atom. The summed E-state index contributed by atoms with van der Waals surface area (Å²) in [6.07, 6.45) is 0.722. The van der Waals surface area contributed by atoms with Crippen LogP contribution in [0.5, 0.6) is 17.4 Å². The van der Waals surface area contributed by atoms with Crippen molar-refractivity contribution in [1.29, 1.82) is 0 Å². The van der Waals surface area contributed by atoms with Gasteiger partial charge in [-0.2, -0.15) is 4.98 Å². The number of nitrogens with zero attached hydrogens (tertiary/aromatic N) is 3. The van der Waals surface area contributed by atoms with E-state index in [0.29, 0.717) is 23.2 Å². The Hall–Kier alpha value is -2.68. The van der Waals surface area contributed by atoms with Crippen LogP contribution in [0.15, 0.2) is 28.2 Å². The molecule has 0 bridgehead atoms. The zero-order valence-electron chi connectivity index (χ0n) is 16.3. The van der Waals surface area contributed by atoms with E-state index in [1.54, 1.807) is 21.3 Å². The molecule has 1 atom stereocenters. The third-order valence-electron chi connectivity index (χ3n) is 4.91. The molecule has 0 radical (unpaired) electrons. The highest BCUT2D eigenvalue weighted by atomic mass is 32.2. The molecule has 2 heterocycles. The van der Waals surface area contributed by atoms with Gasteiger partial charge < -0.3 is 19.5 Å². The Bertz CT molecular complexity index is 959. The van der Waals surface area contributed by atoms with Gasteiger partial charge >= 0.3 is 0 Å². The number of rotatable bonds is 5. The quantitative estimate of drug-likeness (QED) is 0.598. The number of fused-ring (bicyclic) bond motifs is 1. The van der Waals surface area contributed by atoms with Crippen molar-refractivity contribution in [1.82, 2.24) is 14.5 Å². The zero-order chi connectivity index (χ0) is 20.4.